The van der Waals surface area contributed by atoms with Crippen molar-refractivity contribution in [2.75, 3.05) is 6.26 Å². The van der Waals surface area contributed by atoms with E-state index < -0.39 is 0 Å². The summed E-state index contributed by atoms with van der Waals surface area (Å²) in [5, 5.41) is 2.11. The van der Waals surface area contributed by atoms with Crippen LogP contribution in [0.2, 0.25) is 10.0 Å². The molecule has 3 nitrogen and oxygen atoms in total. The van der Waals surface area contributed by atoms with Crippen LogP contribution in [-0.2, 0) is 0 Å². The smallest absolute Gasteiger partial charge is 0.266 e. The maximum atomic E-state index is 12.8. The molecule has 0 aliphatic heterocycles. The largest absolute Gasteiger partial charge is 0.268 e. The zero-order valence-corrected chi connectivity index (χ0v) is 13.3. The standard InChI is InChI=1S/C15H10Cl2N2OS/c1-21-15-18-13-5-3-2-4-12(13)14(20)19(15)11-7-9(16)6-10(17)8-11/h2-8H,1H3. The third kappa shape index (κ3) is 2.67. The molecule has 1 heterocycles. The molecule has 0 bridgehead atoms. The van der Waals surface area contributed by atoms with Crippen LogP contribution in [0, 0.1) is 0 Å². The Labute approximate surface area is 135 Å². The maximum absolute atomic E-state index is 12.8. The molecule has 0 radical (unpaired) electrons. The van der Waals surface area contributed by atoms with E-state index in [-0.39, 0.29) is 5.56 Å². The molecule has 21 heavy (non-hydrogen) atoms. The van der Waals surface area contributed by atoms with Gasteiger partial charge in [0.25, 0.3) is 5.56 Å². The summed E-state index contributed by atoms with van der Waals surface area (Å²) in [6, 6.07) is 12.3. The molecule has 1 aromatic heterocycles. The third-order valence-corrected chi connectivity index (χ3v) is 4.11. The summed E-state index contributed by atoms with van der Waals surface area (Å²) in [6.07, 6.45) is 1.87. The molecule has 3 rings (SSSR count). The Balaban J connectivity index is 2.40. The number of halogens is 2. The monoisotopic (exact) mass is 336 g/mol. The number of para-hydroxylation sites is 1. The quantitative estimate of drug-likeness (QED) is 0.513. The van der Waals surface area contributed by atoms with Crippen molar-refractivity contribution in [1.29, 1.82) is 0 Å². The molecule has 0 unspecified atom stereocenters. The molecule has 6 heteroatoms. The molecule has 0 aliphatic rings. The molecule has 0 saturated heterocycles. The van der Waals surface area contributed by atoms with E-state index >= 15 is 0 Å². The highest BCUT2D eigenvalue weighted by Crippen LogP contribution is 2.24. The SMILES string of the molecule is CSc1nc2ccccc2c(=O)n1-c1cc(Cl)cc(Cl)c1. The minimum atomic E-state index is -0.136. The van der Waals surface area contributed by atoms with Crippen LogP contribution in [0.4, 0.5) is 0 Å². The minimum absolute atomic E-state index is 0.136. The molecule has 106 valence electrons. The van der Waals surface area contributed by atoms with Gasteiger partial charge in [-0.3, -0.25) is 9.36 Å². The van der Waals surface area contributed by atoms with E-state index in [9.17, 15) is 4.79 Å². The number of aromatic nitrogens is 2. The van der Waals surface area contributed by atoms with Crippen molar-refractivity contribution in [2.45, 2.75) is 5.16 Å². The second-order valence-corrected chi connectivity index (χ2v) is 6.03. The summed E-state index contributed by atoms with van der Waals surface area (Å²) in [5.41, 5.74) is 1.15. The first-order chi connectivity index (χ1) is 10.1. The second kappa shape index (κ2) is 5.72. The van der Waals surface area contributed by atoms with Crippen LogP contribution < -0.4 is 5.56 Å². The Bertz CT molecular complexity index is 872. The Morgan fingerprint density at radius 2 is 1.76 bits per heavy atom. The highest BCUT2D eigenvalue weighted by molar-refractivity contribution is 7.98. The summed E-state index contributed by atoms with van der Waals surface area (Å²) >= 11 is 13.5. The average molecular weight is 337 g/mol. The number of benzene rings is 2. The second-order valence-electron chi connectivity index (χ2n) is 4.38. The van der Waals surface area contributed by atoms with Crippen molar-refractivity contribution in [1.82, 2.24) is 9.55 Å². The first-order valence-electron chi connectivity index (χ1n) is 6.12. The van der Waals surface area contributed by atoms with Crippen molar-refractivity contribution in [3.63, 3.8) is 0 Å². The molecular formula is C15H10Cl2N2OS. The van der Waals surface area contributed by atoms with Crippen LogP contribution in [-0.4, -0.2) is 15.8 Å². The van der Waals surface area contributed by atoms with E-state index in [1.807, 2.05) is 24.5 Å². The topological polar surface area (TPSA) is 34.9 Å². The van der Waals surface area contributed by atoms with Crippen molar-refractivity contribution < 1.29 is 0 Å². The number of hydrogen-bond acceptors (Lipinski definition) is 3. The van der Waals surface area contributed by atoms with E-state index in [1.165, 1.54) is 16.3 Å². The zero-order chi connectivity index (χ0) is 15.0. The molecule has 0 N–H and O–H groups in total. The Hall–Kier alpha value is -1.49. The average Bonchev–Trinajstić information content (AvgIpc) is 2.46. The van der Waals surface area contributed by atoms with Gasteiger partial charge in [0.05, 0.1) is 16.6 Å². The number of thioether (sulfide) groups is 1. The van der Waals surface area contributed by atoms with Gasteiger partial charge in [-0.1, -0.05) is 47.1 Å². The maximum Gasteiger partial charge on any atom is 0.266 e. The lowest BCUT2D eigenvalue weighted by molar-refractivity contribution is 0.822. The Kier molecular flexibility index (Phi) is 3.93. The van der Waals surface area contributed by atoms with Gasteiger partial charge < -0.3 is 0 Å². The number of nitrogens with zero attached hydrogens (tertiary/aromatic N) is 2. The van der Waals surface area contributed by atoms with E-state index in [0.717, 1.165) is 0 Å². The van der Waals surface area contributed by atoms with Crippen molar-refractivity contribution in [2.24, 2.45) is 0 Å². The first kappa shape index (κ1) is 14.4. The zero-order valence-electron chi connectivity index (χ0n) is 11.0. The van der Waals surface area contributed by atoms with Crippen molar-refractivity contribution in [3.05, 3.63) is 62.9 Å². The fourth-order valence-electron chi connectivity index (χ4n) is 2.15. The van der Waals surface area contributed by atoms with Gasteiger partial charge in [-0.15, -0.1) is 0 Å². The van der Waals surface area contributed by atoms with E-state index in [4.69, 9.17) is 23.2 Å². The van der Waals surface area contributed by atoms with Crippen LogP contribution in [0.25, 0.3) is 16.6 Å². The molecule has 0 amide bonds. The van der Waals surface area contributed by atoms with Crippen LogP contribution >= 0.6 is 35.0 Å². The lowest BCUT2D eigenvalue weighted by Gasteiger charge is -2.12. The van der Waals surface area contributed by atoms with Crippen LogP contribution in [0.15, 0.2) is 52.4 Å². The minimum Gasteiger partial charge on any atom is -0.268 e. The van der Waals surface area contributed by atoms with Crippen molar-refractivity contribution in [3.8, 4) is 5.69 Å². The van der Waals surface area contributed by atoms with Gasteiger partial charge in [0, 0.05) is 10.0 Å². The predicted octanol–water partition coefficient (Wildman–Crippen LogP) is 4.41. The Morgan fingerprint density at radius 3 is 2.43 bits per heavy atom. The Morgan fingerprint density at radius 1 is 1.10 bits per heavy atom. The van der Waals surface area contributed by atoms with Crippen LogP contribution in [0.5, 0.6) is 0 Å². The van der Waals surface area contributed by atoms with Gasteiger partial charge in [-0.2, -0.15) is 0 Å². The summed E-state index contributed by atoms with van der Waals surface area (Å²) < 4.78 is 1.53. The van der Waals surface area contributed by atoms with Crippen molar-refractivity contribution >= 4 is 45.9 Å². The molecule has 0 fully saturated rings. The molecule has 0 aliphatic carbocycles. The fraction of sp³-hybridized carbons (Fsp3) is 0.0667. The van der Waals surface area contributed by atoms with Gasteiger partial charge in [-0.05, 0) is 36.6 Å². The number of hydrogen-bond donors (Lipinski definition) is 0. The highest BCUT2D eigenvalue weighted by Gasteiger charge is 2.12. The summed E-state index contributed by atoms with van der Waals surface area (Å²) in [7, 11) is 0. The third-order valence-electron chi connectivity index (χ3n) is 3.03. The van der Waals surface area contributed by atoms with E-state index in [0.29, 0.717) is 31.8 Å². The lowest BCUT2D eigenvalue weighted by Crippen LogP contribution is -2.21. The number of rotatable bonds is 2. The van der Waals surface area contributed by atoms with E-state index in [1.54, 1.807) is 24.3 Å². The summed E-state index contributed by atoms with van der Waals surface area (Å²) in [6.45, 7) is 0. The van der Waals surface area contributed by atoms with Gasteiger partial charge in [0.1, 0.15) is 0 Å². The fourth-order valence-corrected chi connectivity index (χ4v) is 3.22. The van der Waals surface area contributed by atoms with Gasteiger partial charge in [0.2, 0.25) is 0 Å². The predicted molar refractivity (Wildman–Crippen MR) is 89.1 cm³/mol. The number of fused-ring (bicyclic) bond motifs is 1. The van der Waals surface area contributed by atoms with Gasteiger partial charge in [-0.25, -0.2) is 4.98 Å². The first-order valence-corrected chi connectivity index (χ1v) is 8.10. The van der Waals surface area contributed by atoms with Crippen LogP contribution in [0.1, 0.15) is 0 Å². The molecule has 0 saturated carbocycles. The lowest BCUT2D eigenvalue weighted by atomic mass is 10.2. The molecule has 0 spiro atoms. The van der Waals surface area contributed by atoms with Crippen LogP contribution in [0.3, 0.4) is 0 Å². The van der Waals surface area contributed by atoms with Gasteiger partial charge >= 0.3 is 0 Å². The normalized spacial score (nSPS) is 11.0. The molecular weight excluding hydrogens is 327 g/mol. The summed E-state index contributed by atoms with van der Waals surface area (Å²) in [5.74, 6) is 0. The highest BCUT2D eigenvalue weighted by atomic mass is 35.5. The van der Waals surface area contributed by atoms with E-state index in [2.05, 4.69) is 4.98 Å². The summed E-state index contributed by atoms with van der Waals surface area (Å²) in [4.78, 5) is 17.3. The van der Waals surface area contributed by atoms with Gasteiger partial charge in [0.15, 0.2) is 5.16 Å². The molecule has 3 aromatic rings. The molecule has 0 atom stereocenters. The molecule has 2 aromatic carbocycles.